The van der Waals surface area contributed by atoms with Gasteiger partial charge in [-0.2, -0.15) is 0 Å². The standard InChI is InChI=1S/C11H28O2Si3/c1-8-9-10-14-11(12-15(2,3)4)13-16(5,6)7/h8-9,11H,10,14H2,1-7H3/b9-8+. The molecular formula is C11H28O2Si3. The van der Waals surface area contributed by atoms with Gasteiger partial charge in [0, 0.05) is 0 Å². The van der Waals surface area contributed by atoms with E-state index in [9.17, 15) is 0 Å². The van der Waals surface area contributed by atoms with Gasteiger partial charge in [-0.1, -0.05) is 12.2 Å². The van der Waals surface area contributed by atoms with Crippen molar-refractivity contribution < 1.29 is 8.85 Å². The van der Waals surface area contributed by atoms with Crippen molar-refractivity contribution in [2.24, 2.45) is 0 Å². The van der Waals surface area contributed by atoms with Crippen LogP contribution in [-0.2, 0) is 8.85 Å². The summed E-state index contributed by atoms with van der Waals surface area (Å²) in [6.07, 6.45) is 4.35. The van der Waals surface area contributed by atoms with Crippen molar-refractivity contribution in [1.82, 2.24) is 0 Å². The van der Waals surface area contributed by atoms with E-state index in [0.717, 1.165) is 0 Å². The summed E-state index contributed by atoms with van der Waals surface area (Å²) in [6.45, 7) is 15.5. The number of hydrogen-bond acceptors (Lipinski definition) is 2. The third-order valence-corrected chi connectivity index (χ3v) is 5.85. The predicted octanol–water partition coefficient (Wildman–Crippen LogP) is 3.14. The molecular weight excluding hydrogens is 248 g/mol. The second-order valence-electron chi connectivity index (χ2n) is 6.04. The molecule has 16 heavy (non-hydrogen) atoms. The van der Waals surface area contributed by atoms with Crippen molar-refractivity contribution in [2.75, 3.05) is 0 Å². The molecule has 0 aromatic carbocycles. The first-order valence-electron chi connectivity index (χ1n) is 6.11. The predicted molar refractivity (Wildman–Crippen MR) is 80.8 cm³/mol. The maximum absolute atomic E-state index is 6.14. The van der Waals surface area contributed by atoms with Gasteiger partial charge >= 0.3 is 0 Å². The fraction of sp³-hybridized carbons (Fsp3) is 0.818. The molecule has 0 aliphatic carbocycles. The lowest BCUT2D eigenvalue weighted by molar-refractivity contribution is 0.0608. The lowest BCUT2D eigenvalue weighted by Gasteiger charge is -2.31. The Balaban J connectivity index is 4.27. The molecule has 0 spiro atoms. The highest BCUT2D eigenvalue weighted by Gasteiger charge is 2.26. The van der Waals surface area contributed by atoms with Crippen molar-refractivity contribution in [3.63, 3.8) is 0 Å². The molecule has 0 saturated carbocycles. The summed E-state index contributed by atoms with van der Waals surface area (Å²) < 4.78 is 12.3. The van der Waals surface area contributed by atoms with Crippen LogP contribution in [-0.4, -0.2) is 32.1 Å². The smallest absolute Gasteiger partial charge is 0.186 e. The highest BCUT2D eigenvalue weighted by molar-refractivity contribution is 6.71. The molecule has 0 fully saturated rings. The summed E-state index contributed by atoms with van der Waals surface area (Å²) >= 11 is 0. The van der Waals surface area contributed by atoms with Gasteiger partial charge in [0.15, 0.2) is 16.6 Å². The van der Waals surface area contributed by atoms with E-state index >= 15 is 0 Å². The Morgan fingerprint density at radius 3 is 1.75 bits per heavy atom. The SMILES string of the molecule is C/C=C/C[SiH2]C(O[Si](C)(C)C)O[Si](C)(C)C. The largest absolute Gasteiger partial charge is 0.398 e. The number of allylic oxidation sites excluding steroid dienone is 2. The molecule has 0 amide bonds. The third-order valence-electron chi connectivity index (χ3n) is 1.77. The zero-order valence-electron chi connectivity index (χ0n) is 12.0. The molecule has 0 aromatic rings. The van der Waals surface area contributed by atoms with Gasteiger partial charge in [0.05, 0.1) is 9.52 Å². The van der Waals surface area contributed by atoms with E-state index in [1.807, 2.05) is 0 Å². The topological polar surface area (TPSA) is 18.5 Å². The van der Waals surface area contributed by atoms with Crippen molar-refractivity contribution in [3.05, 3.63) is 12.2 Å². The van der Waals surface area contributed by atoms with Gasteiger partial charge in [-0.15, -0.1) is 0 Å². The second-order valence-corrected chi connectivity index (χ2v) is 16.8. The van der Waals surface area contributed by atoms with Crippen molar-refractivity contribution >= 4 is 26.2 Å². The molecule has 0 aliphatic heterocycles. The van der Waals surface area contributed by atoms with Gasteiger partial charge in [0.25, 0.3) is 0 Å². The van der Waals surface area contributed by atoms with Crippen LogP contribution in [0.15, 0.2) is 12.2 Å². The van der Waals surface area contributed by atoms with E-state index < -0.39 is 16.6 Å². The zero-order chi connectivity index (χ0) is 12.8. The lowest BCUT2D eigenvalue weighted by Crippen LogP contribution is -2.42. The van der Waals surface area contributed by atoms with E-state index in [1.54, 1.807) is 0 Å². The Morgan fingerprint density at radius 1 is 1.00 bits per heavy atom. The molecule has 0 aromatic heterocycles. The molecule has 0 bridgehead atoms. The number of hydrogen-bond donors (Lipinski definition) is 0. The van der Waals surface area contributed by atoms with Crippen LogP contribution in [0, 0.1) is 0 Å². The van der Waals surface area contributed by atoms with Crippen LogP contribution in [0.3, 0.4) is 0 Å². The van der Waals surface area contributed by atoms with Crippen molar-refractivity contribution in [2.45, 2.75) is 58.2 Å². The second kappa shape index (κ2) is 6.90. The summed E-state index contributed by atoms with van der Waals surface area (Å²) in [5, 5.41) is 0. The molecule has 0 aliphatic rings. The van der Waals surface area contributed by atoms with E-state index in [0.29, 0.717) is 0 Å². The molecule has 0 radical (unpaired) electrons. The average Bonchev–Trinajstić information content (AvgIpc) is 1.97. The molecule has 0 N–H and O–H groups in total. The van der Waals surface area contributed by atoms with E-state index in [2.05, 4.69) is 58.4 Å². The molecule has 0 heterocycles. The van der Waals surface area contributed by atoms with Crippen LogP contribution in [0.5, 0.6) is 0 Å². The monoisotopic (exact) mass is 276 g/mol. The Labute approximate surface area is 106 Å². The zero-order valence-corrected chi connectivity index (χ0v) is 15.4. The van der Waals surface area contributed by atoms with E-state index in [-0.39, 0.29) is 15.4 Å². The Kier molecular flexibility index (Phi) is 7.04. The Bertz CT molecular complexity index is 200. The highest BCUT2D eigenvalue weighted by atomic mass is 28.4. The van der Waals surface area contributed by atoms with E-state index in [1.165, 1.54) is 6.04 Å². The van der Waals surface area contributed by atoms with E-state index in [4.69, 9.17) is 8.85 Å². The summed E-state index contributed by atoms with van der Waals surface area (Å²) in [7, 11) is -3.25. The quantitative estimate of drug-likeness (QED) is 0.404. The number of rotatable bonds is 7. The van der Waals surface area contributed by atoms with Gasteiger partial charge in [-0.25, -0.2) is 0 Å². The molecule has 96 valence electrons. The molecule has 5 heteroatoms. The van der Waals surface area contributed by atoms with Gasteiger partial charge in [0.1, 0.15) is 5.91 Å². The average molecular weight is 277 g/mol. The first-order chi connectivity index (χ1) is 7.14. The summed E-state index contributed by atoms with van der Waals surface area (Å²) in [4.78, 5) is 0. The first kappa shape index (κ1) is 16.3. The van der Waals surface area contributed by atoms with Crippen molar-refractivity contribution in [3.8, 4) is 0 Å². The summed E-state index contributed by atoms with van der Waals surface area (Å²) in [6, 6.07) is 1.18. The minimum absolute atomic E-state index is 0.134. The van der Waals surface area contributed by atoms with Crippen LogP contribution < -0.4 is 0 Å². The minimum Gasteiger partial charge on any atom is -0.398 e. The molecule has 0 unspecified atom stereocenters. The summed E-state index contributed by atoms with van der Waals surface area (Å²) in [5.74, 6) is 0.134. The fourth-order valence-electron chi connectivity index (χ4n) is 1.33. The fourth-order valence-corrected chi connectivity index (χ4v) is 7.84. The van der Waals surface area contributed by atoms with Crippen LogP contribution in [0.1, 0.15) is 6.92 Å². The van der Waals surface area contributed by atoms with Crippen LogP contribution >= 0.6 is 0 Å². The van der Waals surface area contributed by atoms with Crippen LogP contribution in [0.25, 0.3) is 0 Å². The van der Waals surface area contributed by atoms with Crippen LogP contribution in [0.2, 0.25) is 45.3 Å². The minimum atomic E-state index is -1.47. The first-order valence-corrected chi connectivity index (χ1v) is 14.7. The van der Waals surface area contributed by atoms with Gasteiger partial charge in [0.2, 0.25) is 0 Å². The molecule has 0 rings (SSSR count). The van der Waals surface area contributed by atoms with Crippen molar-refractivity contribution in [1.29, 1.82) is 0 Å². The molecule has 0 atom stereocenters. The summed E-state index contributed by atoms with van der Waals surface area (Å²) in [5.41, 5.74) is 0. The maximum Gasteiger partial charge on any atom is 0.186 e. The maximum atomic E-state index is 6.14. The normalized spacial score (nSPS) is 14.8. The lowest BCUT2D eigenvalue weighted by atomic mass is 10.6. The van der Waals surface area contributed by atoms with Crippen LogP contribution in [0.4, 0.5) is 0 Å². The Hall–Kier alpha value is 0.311. The van der Waals surface area contributed by atoms with Gasteiger partial charge in [-0.3, -0.25) is 0 Å². The molecule has 0 saturated heterocycles. The third kappa shape index (κ3) is 10.8. The molecule has 2 nitrogen and oxygen atoms in total. The Morgan fingerprint density at radius 2 is 1.44 bits per heavy atom. The van der Waals surface area contributed by atoms with Gasteiger partial charge < -0.3 is 8.85 Å². The highest BCUT2D eigenvalue weighted by Crippen LogP contribution is 2.14. The van der Waals surface area contributed by atoms with Gasteiger partial charge in [-0.05, 0) is 52.2 Å².